The van der Waals surface area contributed by atoms with Crippen molar-refractivity contribution in [1.82, 2.24) is 0 Å². The van der Waals surface area contributed by atoms with Crippen LogP contribution in [0.25, 0.3) is 0 Å². The number of ether oxygens (including phenoxy) is 2. The van der Waals surface area contributed by atoms with E-state index in [0.29, 0.717) is 22.7 Å². The second-order valence-corrected chi connectivity index (χ2v) is 4.21. The molecule has 0 aliphatic rings. The lowest BCUT2D eigenvalue weighted by Gasteiger charge is -2.08. The lowest BCUT2D eigenvalue weighted by atomic mass is 10.2. The molecule has 2 aromatic carbocycles. The van der Waals surface area contributed by atoms with E-state index in [1.54, 1.807) is 55.6 Å². The summed E-state index contributed by atoms with van der Waals surface area (Å²) in [5, 5.41) is 11.5. The minimum Gasteiger partial charge on any atom is -0.497 e. The molecule has 0 aliphatic heterocycles. The minimum atomic E-state index is -0.298. The van der Waals surface area contributed by atoms with Gasteiger partial charge in [0.2, 0.25) is 0 Å². The Morgan fingerprint density at radius 3 is 2.71 bits per heavy atom. The number of anilines is 1. The van der Waals surface area contributed by atoms with Gasteiger partial charge in [-0.2, -0.15) is 5.26 Å². The highest BCUT2D eigenvalue weighted by atomic mass is 16.5. The highest BCUT2D eigenvalue weighted by molar-refractivity contribution is 5.92. The van der Waals surface area contributed by atoms with Crippen LogP contribution in [0.2, 0.25) is 0 Å². The molecule has 1 amide bonds. The molecule has 0 radical (unpaired) electrons. The molecule has 0 saturated heterocycles. The lowest BCUT2D eigenvalue weighted by Crippen LogP contribution is -2.20. The molecule has 0 spiro atoms. The van der Waals surface area contributed by atoms with E-state index in [0.717, 1.165) is 0 Å². The number of methoxy groups -OCH3 is 1. The van der Waals surface area contributed by atoms with E-state index in [4.69, 9.17) is 14.7 Å². The number of hydrogen-bond donors (Lipinski definition) is 1. The summed E-state index contributed by atoms with van der Waals surface area (Å²) in [4.78, 5) is 11.8. The van der Waals surface area contributed by atoms with Gasteiger partial charge in [-0.25, -0.2) is 0 Å². The molecule has 21 heavy (non-hydrogen) atoms. The van der Waals surface area contributed by atoms with Gasteiger partial charge >= 0.3 is 0 Å². The Morgan fingerprint density at radius 1 is 1.19 bits per heavy atom. The number of amides is 1. The maximum absolute atomic E-state index is 11.8. The third-order valence-electron chi connectivity index (χ3n) is 2.69. The van der Waals surface area contributed by atoms with Crippen LogP contribution in [0, 0.1) is 11.3 Å². The number of rotatable bonds is 5. The van der Waals surface area contributed by atoms with E-state index in [1.165, 1.54) is 0 Å². The van der Waals surface area contributed by atoms with E-state index in [1.807, 2.05) is 6.07 Å². The predicted molar refractivity (Wildman–Crippen MR) is 78.3 cm³/mol. The number of carbonyl (C=O) groups is 1. The molecule has 0 saturated carbocycles. The van der Waals surface area contributed by atoms with Crippen molar-refractivity contribution in [3.05, 3.63) is 54.1 Å². The van der Waals surface area contributed by atoms with Gasteiger partial charge in [0.1, 0.15) is 11.5 Å². The maximum Gasteiger partial charge on any atom is 0.262 e. The first-order chi connectivity index (χ1) is 10.2. The molecule has 2 rings (SSSR count). The average Bonchev–Trinajstić information content (AvgIpc) is 2.53. The highest BCUT2D eigenvalue weighted by Gasteiger charge is 2.05. The predicted octanol–water partition coefficient (Wildman–Crippen LogP) is 2.58. The van der Waals surface area contributed by atoms with Gasteiger partial charge in [0.25, 0.3) is 5.91 Å². The van der Waals surface area contributed by atoms with Gasteiger partial charge < -0.3 is 14.8 Å². The SMILES string of the molecule is COc1cccc(OCC(=O)Nc2cccc(C#N)c2)c1. The van der Waals surface area contributed by atoms with Crippen LogP contribution in [0.1, 0.15) is 5.56 Å². The minimum absolute atomic E-state index is 0.121. The molecular weight excluding hydrogens is 268 g/mol. The third kappa shape index (κ3) is 4.25. The maximum atomic E-state index is 11.8. The number of nitrogens with zero attached hydrogens (tertiary/aromatic N) is 1. The van der Waals surface area contributed by atoms with E-state index in [-0.39, 0.29) is 12.5 Å². The van der Waals surface area contributed by atoms with Crippen molar-refractivity contribution < 1.29 is 14.3 Å². The molecule has 0 fully saturated rings. The van der Waals surface area contributed by atoms with Crippen molar-refractivity contribution in [2.75, 3.05) is 19.0 Å². The van der Waals surface area contributed by atoms with Crippen LogP contribution >= 0.6 is 0 Å². The van der Waals surface area contributed by atoms with Gasteiger partial charge in [-0.15, -0.1) is 0 Å². The van der Waals surface area contributed by atoms with Gasteiger partial charge in [0.05, 0.1) is 18.7 Å². The van der Waals surface area contributed by atoms with Crippen LogP contribution in [0.4, 0.5) is 5.69 Å². The first kappa shape index (κ1) is 14.4. The van der Waals surface area contributed by atoms with E-state index in [2.05, 4.69) is 5.32 Å². The molecule has 106 valence electrons. The second-order valence-electron chi connectivity index (χ2n) is 4.21. The summed E-state index contributed by atoms with van der Waals surface area (Å²) in [7, 11) is 1.56. The zero-order valence-electron chi connectivity index (χ0n) is 11.5. The van der Waals surface area contributed by atoms with Crippen LogP contribution in [-0.2, 0) is 4.79 Å². The molecule has 1 N–H and O–H groups in total. The number of nitrogens with one attached hydrogen (secondary N) is 1. The Morgan fingerprint density at radius 2 is 1.95 bits per heavy atom. The van der Waals surface area contributed by atoms with Gasteiger partial charge in [-0.05, 0) is 30.3 Å². The fraction of sp³-hybridized carbons (Fsp3) is 0.125. The summed E-state index contributed by atoms with van der Waals surface area (Å²) in [5.74, 6) is 0.915. The van der Waals surface area contributed by atoms with Crippen molar-refractivity contribution >= 4 is 11.6 Å². The van der Waals surface area contributed by atoms with Crippen LogP contribution in [0.3, 0.4) is 0 Å². The monoisotopic (exact) mass is 282 g/mol. The van der Waals surface area contributed by atoms with Crippen LogP contribution in [0.5, 0.6) is 11.5 Å². The first-order valence-electron chi connectivity index (χ1n) is 6.28. The highest BCUT2D eigenvalue weighted by Crippen LogP contribution is 2.18. The van der Waals surface area contributed by atoms with Gasteiger partial charge in [0.15, 0.2) is 6.61 Å². The average molecular weight is 282 g/mol. The van der Waals surface area contributed by atoms with Crippen molar-refractivity contribution in [3.8, 4) is 17.6 Å². The van der Waals surface area contributed by atoms with Crippen LogP contribution in [0.15, 0.2) is 48.5 Å². The molecule has 0 atom stereocenters. The molecule has 0 aliphatic carbocycles. The summed E-state index contributed by atoms with van der Waals surface area (Å²) in [5.41, 5.74) is 1.05. The smallest absolute Gasteiger partial charge is 0.262 e. The Labute approximate surface area is 122 Å². The molecule has 0 unspecified atom stereocenters. The number of hydrogen-bond acceptors (Lipinski definition) is 4. The summed E-state index contributed by atoms with van der Waals surface area (Å²) >= 11 is 0. The summed E-state index contributed by atoms with van der Waals surface area (Å²) in [6, 6.07) is 15.7. The third-order valence-corrected chi connectivity index (χ3v) is 2.69. The second kappa shape index (κ2) is 6.96. The molecule has 0 heterocycles. The Kier molecular flexibility index (Phi) is 4.78. The number of benzene rings is 2. The largest absolute Gasteiger partial charge is 0.497 e. The standard InChI is InChI=1S/C16H14N2O3/c1-20-14-6-3-7-15(9-14)21-11-16(19)18-13-5-2-4-12(8-13)10-17/h2-9H,11H2,1H3,(H,18,19). The fourth-order valence-electron chi connectivity index (χ4n) is 1.70. The molecule has 5 nitrogen and oxygen atoms in total. The molecular formula is C16H14N2O3. The summed E-state index contributed by atoms with van der Waals surface area (Å²) in [6.07, 6.45) is 0. The molecule has 0 bridgehead atoms. The fourth-order valence-corrected chi connectivity index (χ4v) is 1.70. The molecule has 0 aromatic heterocycles. The van der Waals surface area contributed by atoms with Crippen molar-refractivity contribution in [3.63, 3.8) is 0 Å². The Balaban J connectivity index is 1.91. The van der Waals surface area contributed by atoms with Crippen LogP contribution in [-0.4, -0.2) is 19.6 Å². The van der Waals surface area contributed by atoms with Gasteiger partial charge in [-0.1, -0.05) is 12.1 Å². The lowest BCUT2D eigenvalue weighted by molar-refractivity contribution is -0.118. The van der Waals surface area contributed by atoms with E-state index >= 15 is 0 Å². The molecule has 2 aromatic rings. The zero-order chi connectivity index (χ0) is 15.1. The van der Waals surface area contributed by atoms with Crippen molar-refractivity contribution in [2.45, 2.75) is 0 Å². The molecule has 5 heteroatoms. The Hall–Kier alpha value is -3.00. The van der Waals surface area contributed by atoms with E-state index < -0.39 is 0 Å². The van der Waals surface area contributed by atoms with Gasteiger partial charge in [0, 0.05) is 11.8 Å². The number of carbonyl (C=O) groups excluding carboxylic acids is 1. The quantitative estimate of drug-likeness (QED) is 0.915. The zero-order valence-corrected chi connectivity index (χ0v) is 11.5. The van der Waals surface area contributed by atoms with Gasteiger partial charge in [-0.3, -0.25) is 4.79 Å². The Bertz CT molecular complexity index is 677. The normalized spacial score (nSPS) is 9.52. The summed E-state index contributed by atoms with van der Waals surface area (Å²) < 4.78 is 10.5. The van der Waals surface area contributed by atoms with Crippen molar-refractivity contribution in [1.29, 1.82) is 5.26 Å². The number of nitriles is 1. The van der Waals surface area contributed by atoms with Crippen molar-refractivity contribution in [2.24, 2.45) is 0 Å². The van der Waals surface area contributed by atoms with E-state index in [9.17, 15) is 4.79 Å². The topological polar surface area (TPSA) is 71.3 Å². The summed E-state index contributed by atoms with van der Waals surface area (Å²) in [6.45, 7) is -0.121. The van der Waals surface area contributed by atoms with Crippen LogP contribution < -0.4 is 14.8 Å². The first-order valence-corrected chi connectivity index (χ1v) is 6.28.